The fourth-order valence-corrected chi connectivity index (χ4v) is 2.90. The van der Waals surface area contributed by atoms with E-state index in [4.69, 9.17) is 21.9 Å². The Morgan fingerprint density at radius 1 is 1.14 bits per heavy atom. The van der Waals surface area contributed by atoms with Gasteiger partial charge in [-0.1, -0.05) is 47.1 Å². The van der Waals surface area contributed by atoms with Gasteiger partial charge in [0.2, 0.25) is 11.7 Å². The molecule has 2 aromatic carbocycles. The molecule has 0 saturated carbocycles. The highest BCUT2D eigenvalue weighted by Gasteiger charge is 2.09. The molecule has 106 valence electrons. The molecule has 0 saturated heterocycles. The molecule has 0 aliphatic heterocycles. The number of anilines is 1. The van der Waals surface area contributed by atoms with Gasteiger partial charge in [-0.15, -0.1) is 11.8 Å². The van der Waals surface area contributed by atoms with Crippen LogP contribution in [0.5, 0.6) is 0 Å². The molecule has 1 aromatic heterocycles. The number of halogens is 1. The highest BCUT2D eigenvalue weighted by Crippen LogP contribution is 2.31. The van der Waals surface area contributed by atoms with Crippen molar-refractivity contribution < 1.29 is 4.52 Å². The predicted molar refractivity (Wildman–Crippen MR) is 85.2 cm³/mol. The molecule has 1 heterocycles. The Morgan fingerprint density at radius 2 is 1.95 bits per heavy atom. The number of hydrogen-bond acceptors (Lipinski definition) is 5. The SMILES string of the molecule is Nc1ccc(SCc2nc(-c3ccccc3)no2)c(Cl)c1. The van der Waals surface area contributed by atoms with Crippen LogP contribution >= 0.6 is 23.4 Å². The van der Waals surface area contributed by atoms with E-state index in [9.17, 15) is 0 Å². The molecule has 2 N–H and O–H groups in total. The Labute approximate surface area is 131 Å². The summed E-state index contributed by atoms with van der Waals surface area (Å²) in [6, 6.07) is 15.1. The number of nitrogens with zero attached hydrogens (tertiary/aromatic N) is 2. The lowest BCUT2D eigenvalue weighted by atomic mass is 10.2. The third kappa shape index (κ3) is 3.37. The first-order valence-corrected chi connectivity index (χ1v) is 7.64. The van der Waals surface area contributed by atoms with Crippen molar-refractivity contribution in [1.82, 2.24) is 10.1 Å². The molecule has 0 amide bonds. The van der Waals surface area contributed by atoms with Gasteiger partial charge < -0.3 is 10.3 Å². The normalized spacial score (nSPS) is 10.7. The van der Waals surface area contributed by atoms with E-state index in [0.29, 0.717) is 28.2 Å². The van der Waals surface area contributed by atoms with Crippen LogP contribution in [-0.2, 0) is 5.75 Å². The molecule has 3 aromatic rings. The molecule has 4 nitrogen and oxygen atoms in total. The van der Waals surface area contributed by atoms with E-state index in [1.165, 1.54) is 11.8 Å². The van der Waals surface area contributed by atoms with Gasteiger partial charge >= 0.3 is 0 Å². The van der Waals surface area contributed by atoms with E-state index < -0.39 is 0 Å². The second kappa shape index (κ2) is 6.20. The lowest BCUT2D eigenvalue weighted by Crippen LogP contribution is -1.86. The maximum Gasteiger partial charge on any atom is 0.237 e. The molecule has 0 bridgehead atoms. The Morgan fingerprint density at radius 3 is 2.71 bits per heavy atom. The van der Waals surface area contributed by atoms with Crippen molar-refractivity contribution in [2.45, 2.75) is 10.6 Å². The maximum absolute atomic E-state index is 6.13. The number of benzene rings is 2. The standard InChI is InChI=1S/C15H12ClN3OS/c16-12-8-11(17)6-7-13(12)21-9-14-18-15(19-20-14)10-4-2-1-3-5-10/h1-8H,9,17H2. The van der Waals surface area contributed by atoms with Crippen LogP contribution < -0.4 is 5.73 Å². The van der Waals surface area contributed by atoms with Crippen molar-refractivity contribution in [2.24, 2.45) is 0 Å². The quantitative estimate of drug-likeness (QED) is 0.575. The number of aromatic nitrogens is 2. The van der Waals surface area contributed by atoms with Crippen molar-refractivity contribution in [2.75, 3.05) is 5.73 Å². The summed E-state index contributed by atoms with van der Waals surface area (Å²) in [4.78, 5) is 5.31. The molecule has 21 heavy (non-hydrogen) atoms. The summed E-state index contributed by atoms with van der Waals surface area (Å²) in [6.45, 7) is 0. The Balaban J connectivity index is 1.70. The summed E-state index contributed by atoms with van der Waals surface area (Å²) in [5, 5.41) is 4.61. The minimum absolute atomic E-state index is 0.559. The molecular formula is C15H12ClN3OS. The van der Waals surface area contributed by atoms with Crippen LogP contribution in [0.4, 0.5) is 5.69 Å². The van der Waals surface area contributed by atoms with Crippen LogP contribution in [0.3, 0.4) is 0 Å². The first-order valence-electron chi connectivity index (χ1n) is 6.28. The Kier molecular flexibility index (Phi) is 4.13. The van der Waals surface area contributed by atoms with Gasteiger partial charge in [-0.3, -0.25) is 0 Å². The highest BCUT2D eigenvalue weighted by molar-refractivity contribution is 7.98. The van der Waals surface area contributed by atoms with Crippen LogP contribution in [-0.4, -0.2) is 10.1 Å². The number of rotatable bonds is 4. The van der Waals surface area contributed by atoms with Crippen LogP contribution in [0.15, 0.2) is 57.9 Å². The van der Waals surface area contributed by atoms with Crippen LogP contribution in [0, 0.1) is 0 Å². The van der Waals surface area contributed by atoms with Crippen LogP contribution in [0.25, 0.3) is 11.4 Å². The smallest absolute Gasteiger partial charge is 0.237 e. The second-order valence-corrected chi connectivity index (χ2v) is 5.78. The van der Waals surface area contributed by atoms with E-state index in [2.05, 4.69) is 10.1 Å². The molecule has 0 aliphatic rings. The maximum atomic E-state index is 6.13. The molecule has 0 fully saturated rings. The minimum atomic E-state index is 0.559. The largest absolute Gasteiger partial charge is 0.399 e. The zero-order chi connectivity index (χ0) is 14.7. The van der Waals surface area contributed by atoms with E-state index in [0.717, 1.165) is 10.5 Å². The second-order valence-electron chi connectivity index (χ2n) is 4.36. The van der Waals surface area contributed by atoms with Gasteiger partial charge in [0.25, 0.3) is 0 Å². The average molecular weight is 318 g/mol. The summed E-state index contributed by atoms with van der Waals surface area (Å²) in [6.07, 6.45) is 0. The third-order valence-corrected chi connectivity index (χ3v) is 4.29. The van der Waals surface area contributed by atoms with Gasteiger partial charge in [0.05, 0.1) is 10.8 Å². The number of thioether (sulfide) groups is 1. The van der Waals surface area contributed by atoms with Crippen molar-refractivity contribution in [1.29, 1.82) is 0 Å². The average Bonchev–Trinajstić information content (AvgIpc) is 2.96. The molecule has 0 aliphatic carbocycles. The molecule has 3 rings (SSSR count). The minimum Gasteiger partial charge on any atom is -0.399 e. The summed E-state index contributed by atoms with van der Waals surface area (Å²) < 4.78 is 5.25. The molecule has 0 radical (unpaired) electrons. The van der Waals surface area contributed by atoms with Gasteiger partial charge in [0.15, 0.2) is 0 Å². The van der Waals surface area contributed by atoms with Gasteiger partial charge in [-0.25, -0.2) is 0 Å². The fraction of sp³-hybridized carbons (Fsp3) is 0.0667. The van der Waals surface area contributed by atoms with Crippen LogP contribution in [0.1, 0.15) is 5.89 Å². The Hall–Kier alpha value is -1.98. The zero-order valence-corrected chi connectivity index (χ0v) is 12.6. The predicted octanol–water partition coefficient (Wildman–Crippen LogP) is 4.26. The molecule has 0 unspecified atom stereocenters. The zero-order valence-electron chi connectivity index (χ0n) is 11.0. The third-order valence-electron chi connectivity index (χ3n) is 2.81. The van der Waals surface area contributed by atoms with Crippen molar-refractivity contribution >= 4 is 29.1 Å². The number of nitrogens with two attached hydrogens (primary N) is 1. The lowest BCUT2D eigenvalue weighted by molar-refractivity contribution is 0.391. The summed E-state index contributed by atoms with van der Waals surface area (Å²) in [5.41, 5.74) is 7.25. The first-order chi connectivity index (χ1) is 10.2. The van der Waals surface area contributed by atoms with Gasteiger partial charge in [0.1, 0.15) is 0 Å². The summed E-state index contributed by atoms with van der Waals surface area (Å²) in [7, 11) is 0. The summed E-state index contributed by atoms with van der Waals surface area (Å²) >= 11 is 7.66. The highest BCUT2D eigenvalue weighted by atomic mass is 35.5. The van der Waals surface area contributed by atoms with E-state index in [-0.39, 0.29) is 0 Å². The molecule has 6 heteroatoms. The fourth-order valence-electron chi connectivity index (χ4n) is 1.79. The molecule has 0 atom stereocenters. The summed E-state index contributed by atoms with van der Waals surface area (Å²) in [5.74, 6) is 1.71. The first kappa shape index (κ1) is 14.0. The van der Waals surface area contributed by atoms with E-state index in [1.807, 2.05) is 42.5 Å². The lowest BCUT2D eigenvalue weighted by Gasteiger charge is -2.02. The van der Waals surface area contributed by atoms with Crippen molar-refractivity contribution in [3.8, 4) is 11.4 Å². The van der Waals surface area contributed by atoms with E-state index in [1.54, 1.807) is 6.07 Å². The molecule has 0 spiro atoms. The van der Waals surface area contributed by atoms with Crippen LogP contribution in [0.2, 0.25) is 5.02 Å². The van der Waals surface area contributed by atoms with Gasteiger partial charge in [-0.2, -0.15) is 4.98 Å². The monoisotopic (exact) mass is 317 g/mol. The van der Waals surface area contributed by atoms with Crippen molar-refractivity contribution in [3.63, 3.8) is 0 Å². The van der Waals surface area contributed by atoms with E-state index >= 15 is 0 Å². The van der Waals surface area contributed by atoms with Gasteiger partial charge in [0, 0.05) is 16.1 Å². The van der Waals surface area contributed by atoms with Crippen molar-refractivity contribution in [3.05, 3.63) is 59.4 Å². The topological polar surface area (TPSA) is 64.9 Å². The number of hydrogen-bond donors (Lipinski definition) is 1. The number of nitrogen functional groups attached to an aromatic ring is 1. The molecular weight excluding hydrogens is 306 g/mol. The van der Waals surface area contributed by atoms with Gasteiger partial charge in [-0.05, 0) is 18.2 Å². The Bertz CT molecular complexity index is 746.